The van der Waals surface area contributed by atoms with Crippen molar-refractivity contribution in [2.75, 3.05) is 0 Å². The molecule has 1 aromatic carbocycles. The van der Waals surface area contributed by atoms with Gasteiger partial charge in [0.05, 0.1) is 10.2 Å². The third-order valence-corrected chi connectivity index (χ3v) is 3.99. The van der Waals surface area contributed by atoms with Crippen molar-refractivity contribution in [3.05, 3.63) is 35.2 Å². The summed E-state index contributed by atoms with van der Waals surface area (Å²) in [4.78, 5) is 8.30. The highest BCUT2D eigenvalue weighted by atomic mass is 35.5. The molecule has 0 spiro atoms. The second-order valence-corrected chi connectivity index (χ2v) is 4.80. The van der Waals surface area contributed by atoms with Gasteiger partial charge in [-0.05, 0) is 18.6 Å². The van der Waals surface area contributed by atoms with Gasteiger partial charge in [-0.3, -0.25) is 0 Å². The van der Waals surface area contributed by atoms with E-state index in [2.05, 4.69) is 29.0 Å². The molecule has 0 bridgehead atoms. The first-order chi connectivity index (χ1) is 7.27. The topological polar surface area (TPSA) is 25.8 Å². The SMILES string of the molecule is Cc1cccc2sc3c(Cl)ncnc3c12. The van der Waals surface area contributed by atoms with Gasteiger partial charge in [-0.1, -0.05) is 23.7 Å². The first kappa shape index (κ1) is 9.07. The Balaban J connectivity index is 2.65. The minimum Gasteiger partial charge on any atom is -0.235 e. The zero-order valence-electron chi connectivity index (χ0n) is 7.99. The Morgan fingerprint density at radius 2 is 2.13 bits per heavy atom. The quantitative estimate of drug-likeness (QED) is 0.553. The van der Waals surface area contributed by atoms with Crippen LogP contribution < -0.4 is 0 Å². The molecule has 0 saturated heterocycles. The van der Waals surface area contributed by atoms with Crippen LogP contribution in [0.25, 0.3) is 20.3 Å². The number of halogens is 1. The molecule has 0 aliphatic rings. The van der Waals surface area contributed by atoms with Crippen molar-refractivity contribution in [2.45, 2.75) is 6.92 Å². The molecule has 2 heterocycles. The Morgan fingerprint density at radius 1 is 1.27 bits per heavy atom. The summed E-state index contributed by atoms with van der Waals surface area (Å²) in [6, 6.07) is 6.23. The minimum absolute atomic E-state index is 0.542. The molecule has 0 fully saturated rings. The summed E-state index contributed by atoms with van der Waals surface area (Å²) in [5, 5.41) is 1.74. The van der Waals surface area contributed by atoms with Crippen molar-refractivity contribution in [1.82, 2.24) is 9.97 Å². The van der Waals surface area contributed by atoms with Crippen molar-refractivity contribution >= 4 is 43.2 Å². The zero-order chi connectivity index (χ0) is 10.4. The van der Waals surface area contributed by atoms with E-state index in [-0.39, 0.29) is 0 Å². The van der Waals surface area contributed by atoms with Gasteiger partial charge in [0.15, 0.2) is 0 Å². The first-order valence-corrected chi connectivity index (χ1v) is 5.75. The summed E-state index contributed by atoms with van der Waals surface area (Å²) in [5.41, 5.74) is 2.20. The highest BCUT2D eigenvalue weighted by molar-refractivity contribution is 7.26. The molecule has 2 aromatic heterocycles. The van der Waals surface area contributed by atoms with E-state index < -0.39 is 0 Å². The van der Waals surface area contributed by atoms with Crippen LogP contribution in [-0.2, 0) is 0 Å². The van der Waals surface area contributed by atoms with E-state index in [4.69, 9.17) is 11.6 Å². The molecule has 0 N–H and O–H groups in total. The Bertz CT molecular complexity index is 660. The molecule has 4 heteroatoms. The maximum absolute atomic E-state index is 6.04. The van der Waals surface area contributed by atoms with Crippen LogP contribution in [-0.4, -0.2) is 9.97 Å². The molecule has 0 aliphatic heterocycles. The average molecular weight is 235 g/mol. The largest absolute Gasteiger partial charge is 0.235 e. The molecule has 3 rings (SSSR count). The van der Waals surface area contributed by atoms with Gasteiger partial charge >= 0.3 is 0 Å². The van der Waals surface area contributed by atoms with Crippen LogP contribution in [0.1, 0.15) is 5.56 Å². The summed E-state index contributed by atoms with van der Waals surface area (Å²) in [7, 11) is 0. The summed E-state index contributed by atoms with van der Waals surface area (Å²) in [5.74, 6) is 0. The molecule has 74 valence electrons. The van der Waals surface area contributed by atoms with Crippen molar-refractivity contribution in [3.8, 4) is 0 Å². The number of nitrogens with zero attached hydrogens (tertiary/aromatic N) is 2. The number of rotatable bonds is 0. The lowest BCUT2D eigenvalue weighted by molar-refractivity contribution is 1.23. The Morgan fingerprint density at radius 3 is 3.00 bits per heavy atom. The van der Waals surface area contributed by atoms with E-state index in [0.717, 1.165) is 10.2 Å². The summed E-state index contributed by atoms with van der Waals surface area (Å²) < 4.78 is 2.19. The summed E-state index contributed by atoms with van der Waals surface area (Å²) >= 11 is 7.69. The van der Waals surface area contributed by atoms with Gasteiger partial charge in [0.25, 0.3) is 0 Å². The fraction of sp³-hybridized carbons (Fsp3) is 0.0909. The number of thiophene rings is 1. The van der Waals surface area contributed by atoms with Gasteiger partial charge in [-0.2, -0.15) is 0 Å². The zero-order valence-corrected chi connectivity index (χ0v) is 9.56. The maximum Gasteiger partial charge on any atom is 0.150 e. The van der Waals surface area contributed by atoms with E-state index >= 15 is 0 Å². The Kier molecular flexibility index (Phi) is 1.90. The third-order valence-electron chi connectivity index (χ3n) is 2.44. The van der Waals surface area contributed by atoms with Crippen LogP contribution in [0.3, 0.4) is 0 Å². The standard InChI is InChI=1S/C11H7ClN2S/c1-6-3-2-4-7-8(6)9-10(15-7)11(12)14-5-13-9/h2-5H,1H3. The lowest BCUT2D eigenvalue weighted by atomic mass is 10.1. The van der Waals surface area contributed by atoms with E-state index in [1.807, 2.05) is 6.07 Å². The van der Waals surface area contributed by atoms with Crippen LogP contribution in [0.15, 0.2) is 24.5 Å². The van der Waals surface area contributed by atoms with Gasteiger partial charge in [0.1, 0.15) is 11.5 Å². The van der Waals surface area contributed by atoms with E-state index in [9.17, 15) is 0 Å². The van der Waals surface area contributed by atoms with Gasteiger partial charge in [-0.15, -0.1) is 11.3 Å². The van der Waals surface area contributed by atoms with Gasteiger partial charge in [-0.25, -0.2) is 9.97 Å². The van der Waals surface area contributed by atoms with Gasteiger partial charge < -0.3 is 0 Å². The highest BCUT2D eigenvalue weighted by Gasteiger charge is 2.10. The van der Waals surface area contributed by atoms with Crippen molar-refractivity contribution in [1.29, 1.82) is 0 Å². The van der Waals surface area contributed by atoms with Crippen LogP contribution in [0.2, 0.25) is 5.15 Å². The predicted octanol–water partition coefficient (Wildman–Crippen LogP) is 3.81. The van der Waals surface area contributed by atoms with Crippen molar-refractivity contribution in [3.63, 3.8) is 0 Å². The minimum atomic E-state index is 0.542. The number of aromatic nitrogens is 2. The molecular weight excluding hydrogens is 228 g/mol. The first-order valence-electron chi connectivity index (χ1n) is 4.55. The molecule has 3 aromatic rings. The van der Waals surface area contributed by atoms with Crippen LogP contribution in [0.4, 0.5) is 0 Å². The number of hydrogen-bond donors (Lipinski definition) is 0. The van der Waals surface area contributed by atoms with E-state index in [1.54, 1.807) is 11.3 Å². The molecule has 0 atom stereocenters. The molecule has 0 saturated carbocycles. The van der Waals surface area contributed by atoms with Crippen molar-refractivity contribution < 1.29 is 0 Å². The molecule has 2 nitrogen and oxygen atoms in total. The monoisotopic (exact) mass is 234 g/mol. The average Bonchev–Trinajstić information content (AvgIpc) is 2.59. The van der Waals surface area contributed by atoms with Crippen LogP contribution in [0, 0.1) is 6.92 Å². The maximum atomic E-state index is 6.04. The third kappa shape index (κ3) is 1.24. The lowest BCUT2D eigenvalue weighted by Gasteiger charge is -1.95. The number of benzene rings is 1. The van der Waals surface area contributed by atoms with Crippen LogP contribution in [0.5, 0.6) is 0 Å². The Labute approximate surface area is 95.5 Å². The molecule has 0 radical (unpaired) electrons. The predicted molar refractivity (Wildman–Crippen MR) is 64.7 cm³/mol. The lowest BCUT2D eigenvalue weighted by Crippen LogP contribution is -1.80. The van der Waals surface area contributed by atoms with Crippen LogP contribution >= 0.6 is 22.9 Å². The van der Waals surface area contributed by atoms with Gasteiger partial charge in [0.2, 0.25) is 0 Å². The smallest absolute Gasteiger partial charge is 0.150 e. The second-order valence-electron chi connectivity index (χ2n) is 3.39. The molecule has 0 amide bonds. The fourth-order valence-electron chi connectivity index (χ4n) is 1.76. The Hall–Kier alpha value is -1.19. The normalized spacial score (nSPS) is 11.3. The molecule has 0 unspecified atom stereocenters. The summed E-state index contributed by atoms with van der Waals surface area (Å²) in [6.45, 7) is 2.09. The highest BCUT2D eigenvalue weighted by Crippen LogP contribution is 2.36. The van der Waals surface area contributed by atoms with Crippen molar-refractivity contribution in [2.24, 2.45) is 0 Å². The number of hydrogen-bond acceptors (Lipinski definition) is 3. The van der Waals surface area contributed by atoms with E-state index in [1.165, 1.54) is 22.0 Å². The number of aryl methyl sites for hydroxylation is 1. The van der Waals surface area contributed by atoms with E-state index in [0.29, 0.717) is 5.15 Å². The van der Waals surface area contributed by atoms with Gasteiger partial charge in [0, 0.05) is 10.1 Å². The second kappa shape index (κ2) is 3.15. The summed E-state index contributed by atoms with van der Waals surface area (Å²) in [6.07, 6.45) is 1.52. The fourth-order valence-corrected chi connectivity index (χ4v) is 3.12. The molecule has 15 heavy (non-hydrogen) atoms. The number of fused-ring (bicyclic) bond motifs is 3. The molecule has 0 aliphatic carbocycles. The molecular formula is C11H7ClN2S.